The van der Waals surface area contributed by atoms with E-state index in [2.05, 4.69) is 23.2 Å². The first-order chi connectivity index (χ1) is 15.0. The Bertz CT molecular complexity index is 1200. The zero-order valence-corrected chi connectivity index (χ0v) is 18.3. The third-order valence-electron chi connectivity index (χ3n) is 6.50. The minimum atomic E-state index is -0.250. The summed E-state index contributed by atoms with van der Waals surface area (Å²) >= 11 is 0. The zero-order valence-electron chi connectivity index (χ0n) is 18.3. The van der Waals surface area contributed by atoms with E-state index in [9.17, 15) is 9.59 Å². The maximum Gasteiger partial charge on any atom is 0.293 e. The highest BCUT2D eigenvalue weighted by molar-refractivity contribution is 5.83. The van der Waals surface area contributed by atoms with Crippen molar-refractivity contribution in [2.75, 3.05) is 13.1 Å². The first-order valence-electron chi connectivity index (χ1n) is 11.4. The van der Waals surface area contributed by atoms with Crippen molar-refractivity contribution in [1.29, 1.82) is 0 Å². The summed E-state index contributed by atoms with van der Waals surface area (Å²) in [5, 5.41) is 10.1. The molecule has 0 radical (unpaired) electrons. The van der Waals surface area contributed by atoms with Crippen molar-refractivity contribution in [3.05, 3.63) is 51.6 Å². The quantitative estimate of drug-likeness (QED) is 0.649. The number of nitrogens with zero attached hydrogens (tertiary/aromatic N) is 5. The van der Waals surface area contributed by atoms with E-state index in [1.54, 1.807) is 10.9 Å². The van der Waals surface area contributed by atoms with Gasteiger partial charge in [-0.1, -0.05) is 30.5 Å². The lowest BCUT2D eigenvalue weighted by Gasteiger charge is -2.20. The normalized spacial score (nSPS) is 17.2. The van der Waals surface area contributed by atoms with Crippen LogP contribution in [0.4, 0.5) is 0 Å². The van der Waals surface area contributed by atoms with Crippen LogP contribution in [0.2, 0.25) is 0 Å². The molecule has 2 aromatic heterocycles. The van der Waals surface area contributed by atoms with Crippen molar-refractivity contribution >= 4 is 16.8 Å². The molecule has 5 rings (SSSR count). The smallest absolute Gasteiger partial charge is 0.293 e. The minimum Gasteiger partial charge on any atom is -0.341 e. The molecule has 0 spiro atoms. The molecule has 1 aliphatic heterocycles. The fraction of sp³-hybridized carbons (Fsp3) is 0.500. The van der Waals surface area contributed by atoms with Crippen LogP contribution in [0.15, 0.2) is 29.2 Å². The summed E-state index contributed by atoms with van der Waals surface area (Å²) < 4.78 is 3.11. The van der Waals surface area contributed by atoms with Gasteiger partial charge in [-0.15, -0.1) is 0 Å². The molecule has 7 nitrogen and oxygen atoms in total. The fourth-order valence-corrected chi connectivity index (χ4v) is 4.63. The Morgan fingerprint density at radius 1 is 1.10 bits per heavy atom. The first-order valence-corrected chi connectivity index (χ1v) is 11.4. The van der Waals surface area contributed by atoms with Crippen LogP contribution in [0, 0.1) is 13.8 Å². The second kappa shape index (κ2) is 7.94. The summed E-state index contributed by atoms with van der Waals surface area (Å²) in [6, 6.07) is 6.12. The van der Waals surface area contributed by atoms with Gasteiger partial charge in [0, 0.05) is 24.4 Å². The fourth-order valence-electron chi connectivity index (χ4n) is 4.63. The Morgan fingerprint density at radius 3 is 2.52 bits per heavy atom. The highest BCUT2D eigenvalue weighted by atomic mass is 16.2. The topological polar surface area (TPSA) is 73.0 Å². The van der Waals surface area contributed by atoms with Gasteiger partial charge in [-0.2, -0.15) is 10.2 Å². The van der Waals surface area contributed by atoms with Gasteiger partial charge in [-0.25, -0.2) is 9.36 Å². The molecular formula is C24H29N5O2. The molecule has 0 bridgehead atoms. The Kier molecular flexibility index (Phi) is 5.12. The highest BCUT2D eigenvalue weighted by Gasteiger charge is 2.31. The van der Waals surface area contributed by atoms with Crippen molar-refractivity contribution in [3.63, 3.8) is 0 Å². The molecule has 1 aliphatic carbocycles. The summed E-state index contributed by atoms with van der Waals surface area (Å²) in [5.41, 5.74) is 4.28. The molecule has 3 heterocycles. The number of fused-ring (bicyclic) bond motifs is 1. The molecule has 2 fully saturated rings. The molecule has 162 valence electrons. The van der Waals surface area contributed by atoms with Crippen LogP contribution in [0.1, 0.15) is 61.3 Å². The second-order valence-corrected chi connectivity index (χ2v) is 9.03. The summed E-state index contributed by atoms with van der Waals surface area (Å²) in [6.45, 7) is 5.61. The SMILES string of the molecule is Cc1ccc(-n2ncc3c(C4CC4)nn(CC(=O)N4CCCCCC4)c(=O)c32)c(C)c1. The summed E-state index contributed by atoms with van der Waals surface area (Å²) in [5.74, 6) is 0.328. The maximum atomic E-state index is 13.5. The molecule has 1 saturated heterocycles. The van der Waals surface area contributed by atoms with E-state index in [1.807, 2.05) is 24.0 Å². The number of carbonyl (C=O) groups is 1. The maximum absolute atomic E-state index is 13.5. The van der Waals surface area contributed by atoms with Crippen LogP contribution < -0.4 is 5.56 Å². The first kappa shape index (κ1) is 20.0. The van der Waals surface area contributed by atoms with Gasteiger partial charge in [0.15, 0.2) is 0 Å². The van der Waals surface area contributed by atoms with Crippen LogP contribution in [-0.2, 0) is 11.3 Å². The molecule has 0 atom stereocenters. The molecule has 3 aromatic rings. The van der Waals surface area contributed by atoms with Gasteiger partial charge in [-0.05, 0) is 51.2 Å². The Morgan fingerprint density at radius 2 is 1.84 bits per heavy atom. The molecule has 1 amide bonds. The van der Waals surface area contributed by atoms with Crippen LogP contribution in [0.5, 0.6) is 0 Å². The van der Waals surface area contributed by atoms with Crippen LogP contribution in [0.3, 0.4) is 0 Å². The third kappa shape index (κ3) is 3.77. The predicted molar refractivity (Wildman–Crippen MR) is 120 cm³/mol. The number of rotatable bonds is 4. The number of aromatic nitrogens is 4. The van der Waals surface area contributed by atoms with Crippen molar-refractivity contribution < 1.29 is 4.79 Å². The molecule has 0 N–H and O–H groups in total. The van der Waals surface area contributed by atoms with E-state index >= 15 is 0 Å². The lowest BCUT2D eigenvalue weighted by atomic mass is 10.1. The minimum absolute atomic E-state index is 0.00739. The second-order valence-electron chi connectivity index (χ2n) is 9.03. The molecule has 1 aromatic carbocycles. The van der Waals surface area contributed by atoms with Crippen molar-refractivity contribution in [1.82, 2.24) is 24.5 Å². The van der Waals surface area contributed by atoms with Crippen LogP contribution in [0.25, 0.3) is 16.6 Å². The van der Waals surface area contributed by atoms with Gasteiger partial charge in [-0.3, -0.25) is 9.59 Å². The van der Waals surface area contributed by atoms with Gasteiger partial charge in [0.2, 0.25) is 5.91 Å². The van der Waals surface area contributed by atoms with Crippen LogP contribution in [-0.4, -0.2) is 43.5 Å². The van der Waals surface area contributed by atoms with Gasteiger partial charge in [0.05, 0.1) is 17.6 Å². The number of hydrogen-bond acceptors (Lipinski definition) is 4. The van der Waals surface area contributed by atoms with Gasteiger partial charge in [0.1, 0.15) is 12.1 Å². The molecule has 7 heteroatoms. The number of hydrogen-bond donors (Lipinski definition) is 0. The van der Waals surface area contributed by atoms with E-state index in [0.717, 1.165) is 73.9 Å². The van der Waals surface area contributed by atoms with E-state index in [1.165, 1.54) is 10.2 Å². The van der Waals surface area contributed by atoms with Crippen molar-refractivity contribution in [2.45, 2.75) is 64.8 Å². The number of carbonyl (C=O) groups excluding carboxylic acids is 1. The largest absolute Gasteiger partial charge is 0.341 e. The summed E-state index contributed by atoms with van der Waals surface area (Å²) in [7, 11) is 0. The summed E-state index contributed by atoms with van der Waals surface area (Å²) in [4.78, 5) is 28.4. The average Bonchev–Trinajstić information content (AvgIpc) is 3.54. The van der Waals surface area contributed by atoms with Crippen molar-refractivity contribution in [3.8, 4) is 5.69 Å². The lowest BCUT2D eigenvalue weighted by Crippen LogP contribution is -2.38. The van der Waals surface area contributed by atoms with E-state index < -0.39 is 0 Å². The van der Waals surface area contributed by atoms with Crippen LogP contribution >= 0.6 is 0 Å². The van der Waals surface area contributed by atoms with E-state index in [-0.39, 0.29) is 18.0 Å². The predicted octanol–water partition coefficient (Wildman–Crippen LogP) is 3.48. The van der Waals surface area contributed by atoms with E-state index in [4.69, 9.17) is 0 Å². The lowest BCUT2D eigenvalue weighted by molar-refractivity contribution is -0.132. The molecule has 0 unspecified atom stereocenters. The van der Waals surface area contributed by atoms with Gasteiger partial charge < -0.3 is 4.90 Å². The van der Waals surface area contributed by atoms with Gasteiger partial charge >= 0.3 is 0 Å². The average molecular weight is 420 g/mol. The molecular weight excluding hydrogens is 390 g/mol. The molecule has 2 aliphatic rings. The number of likely N-dealkylation sites (tertiary alicyclic amines) is 1. The molecule has 1 saturated carbocycles. The third-order valence-corrected chi connectivity index (χ3v) is 6.50. The Hall–Kier alpha value is -2.96. The number of aryl methyl sites for hydroxylation is 2. The Balaban J connectivity index is 1.60. The van der Waals surface area contributed by atoms with Gasteiger partial charge in [0.25, 0.3) is 5.56 Å². The monoisotopic (exact) mass is 419 g/mol. The van der Waals surface area contributed by atoms with E-state index in [0.29, 0.717) is 11.4 Å². The Labute approximate surface area is 181 Å². The van der Waals surface area contributed by atoms with Crippen molar-refractivity contribution in [2.24, 2.45) is 0 Å². The number of benzene rings is 1. The standard InChI is InChI=1S/C24H29N5O2/c1-16-7-10-20(17(2)13-16)29-23-19(14-25-29)22(18-8-9-18)26-28(24(23)31)15-21(30)27-11-5-3-4-6-12-27/h7,10,13-14,18H,3-6,8-9,11-12,15H2,1-2H3. The zero-order chi connectivity index (χ0) is 21.5. The molecule has 31 heavy (non-hydrogen) atoms. The summed E-state index contributed by atoms with van der Waals surface area (Å²) in [6.07, 6.45) is 8.27. The number of amides is 1. The highest BCUT2D eigenvalue weighted by Crippen LogP contribution is 2.41.